The van der Waals surface area contributed by atoms with Crippen LogP contribution < -0.4 is 21.0 Å². The minimum Gasteiger partial charge on any atom is -0.858 e. The summed E-state index contributed by atoms with van der Waals surface area (Å²) < 4.78 is 5.43. The third-order valence-corrected chi connectivity index (χ3v) is 4.49. The van der Waals surface area contributed by atoms with Crippen LogP contribution in [-0.2, 0) is 4.79 Å². The molecule has 0 heterocycles. The number of hydrazone groups is 1. The van der Waals surface area contributed by atoms with Gasteiger partial charge in [0.25, 0.3) is 5.91 Å². The molecule has 1 saturated carbocycles. The fourth-order valence-corrected chi connectivity index (χ4v) is 2.82. The van der Waals surface area contributed by atoms with Gasteiger partial charge in [0.2, 0.25) is 0 Å². The van der Waals surface area contributed by atoms with Crippen molar-refractivity contribution < 1.29 is 14.6 Å². The van der Waals surface area contributed by atoms with Crippen LogP contribution in [-0.4, -0.2) is 42.9 Å². The number of methoxy groups -OCH3 is 1. The fourth-order valence-electron chi connectivity index (χ4n) is 2.82. The van der Waals surface area contributed by atoms with E-state index in [4.69, 9.17) is 10.6 Å². The van der Waals surface area contributed by atoms with E-state index in [0.717, 1.165) is 12.8 Å². The highest BCUT2D eigenvalue weighted by Gasteiger charge is 2.28. The number of carbonyl (C=O) groups is 1. The summed E-state index contributed by atoms with van der Waals surface area (Å²) in [4.78, 5) is 21.2. The lowest BCUT2D eigenvalue weighted by Gasteiger charge is -2.14. The highest BCUT2D eigenvalue weighted by molar-refractivity contribution is 6.70. The SMILES string of the molecule is CCN=C([O-])c1ccc(N=C(C(=NN)C(=O)NC2CC2)c2ccccc2)c(OC)c1. The van der Waals surface area contributed by atoms with Gasteiger partial charge in [-0.05, 0) is 43.4 Å². The molecule has 30 heavy (non-hydrogen) atoms. The molecule has 0 aliphatic heterocycles. The molecule has 2 aromatic carbocycles. The number of ether oxygens (including phenoxy) is 1. The molecule has 1 aliphatic rings. The summed E-state index contributed by atoms with van der Waals surface area (Å²) in [5.74, 6) is 5.25. The van der Waals surface area contributed by atoms with E-state index in [0.29, 0.717) is 34.8 Å². The number of aliphatic imine (C=N–C) groups is 2. The van der Waals surface area contributed by atoms with Gasteiger partial charge in [0, 0.05) is 18.2 Å². The Bertz CT molecular complexity index is 995. The molecule has 0 atom stereocenters. The minimum atomic E-state index is -0.380. The van der Waals surface area contributed by atoms with Gasteiger partial charge in [0.15, 0.2) is 5.71 Å². The molecule has 0 radical (unpaired) electrons. The molecule has 1 aliphatic carbocycles. The number of nitrogens with zero attached hydrogens (tertiary/aromatic N) is 3. The summed E-state index contributed by atoms with van der Waals surface area (Å²) in [6.45, 7) is 2.19. The van der Waals surface area contributed by atoms with Gasteiger partial charge < -0.3 is 26.0 Å². The summed E-state index contributed by atoms with van der Waals surface area (Å²) in [6.07, 6.45) is 1.88. The predicted molar refractivity (Wildman–Crippen MR) is 115 cm³/mol. The molecule has 3 rings (SSSR count). The monoisotopic (exact) mass is 406 g/mol. The van der Waals surface area contributed by atoms with Crippen LogP contribution >= 0.6 is 0 Å². The largest absolute Gasteiger partial charge is 0.858 e. The highest BCUT2D eigenvalue weighted by Crippen LogP contribution is 2.29. The van der Waals surface area contributed by atoms with Crippen LogP contribution in [0.3, 0.4) is 0 Å². The van der Waals surface area contributed by atoms with Crippen LogP contribution in [0, 0.1) is 0 Å². The molecule has 1 amide bonds. The second-order valence-corrected chi connectivity index (χ2v) is 6.72. The molecule has 8 heteroatoms. The van der Waals surface area contributed by atoms with Gasteiger partial charge in [0.1, 0.15) is 17.1 Å². The zero-order valence-corrected chi connectivity index (χ0v) is 17.0. The molecule has 0 saturated heterocycles. The van der Waals surface area contributed by atoms with Crippen LogP contribution in [0.25, 0.3) is 0 Å². The Hall–Kier alpha value is -3.68. The number of rotatable bonds is 8. The van der Waals surface area contributed by atoms with E-state index in [9.17, 15) is 9.90 Å². The summed E-state index contributed by atoms with van der Waals surface area (Å²) in [7, 11) is 1.49. The van der Waals surface area contributed by atoms with E-state index in [1.54, 1.807) is 25.1 Å². The van der Waals surface area contributed by atoms with Gasteiger partial charge in [-0.25, -0.2) is 4.99 Å². The average molecular weight is 406 g/mol. The number of hydrogen-bond acceptors (Lipinski definition) is 7. The van der Waals surface area contributed by atoms with E-state index < -0.39 is 0 Å². The highest BCUT2D eigenvalue weighted by atomic mass is 16.5. The van der Waals surface area contributed by atoms with Crippen molar-refractivity contribution in [1.82, 2.24) is 5.32 Å². The Morgan fingerprint density at radius 1 is 1.20 bits per heavy atom. The summed E-state index contributed by atoms with van der Waals surface area (Å²) in [6, 6.07) is 14.2. The zero-order chi connectivity index (χ0) is 21.5. The first kappa shape index (κ1) is 21.0. The molecule has 2 aromatic rings. The maximum atomic E-state index is 12.7. The van der Waals surface area contributed by atoms with Crippen molar-refractivity contribution >= 4 is 28.9 Å². The van der Waals surface area contributed by atoms with Crippen LogP contribution in [0.5, 0.6) is 5.75 Å². The van der Waals surface area contributed by atoms with Crippen molar-refractivity contribution in [2.45, 2.75) is 25.8 Å². The summed E-state index contributed by atoms with van der Waals surface area (Å²) in [5.41, 5.74) is 1.84. The Labute approximate surface area is 175 Å². The molecule has 0 unspecified atom stereocenters. The van der Waals surface area contributed by atoms with Gasteiger partial charge in [-0.15, -0.1) is 0 Å². The van der Waals surface area contributed by atoms with Gasteiger partial charge in [0.05, 0.1) is 7.11 Å². The van der Waals surface area contributed by atoms with Gasteiger partial charge in [-0.3, -0.25) is 4.79 Å². The van der Waals surface area contributed by atoms with Crippen molar-refractivity contribution in [1.29, 1.82) is 0 Å². The lowest BCUT2D eigenvalue weighted by molar-refractivity contribution is -0.213. The van der Waals surface area contributed by atoms with Crippen molar-refractivity contribution in [3.05, 3.63) is 59.7 Å². The Balaban J connectivity index is 2.07. The van der Waals surface area contributed by atoms with Crippen molar-refractivity contribution in [2.75, 3.05) is 13.7 Å². The molecule has 0 bridgehead atoms. The molecule has 156 valence electrons. The zero-order valence-electron chi connectivity index (χ0n) is 17.0. The number of hydrogen-bond donors (Lipinski definition) is 2. The quantitative estimate of drug-likeness (QED) is 0.298. The van der Waals surface area contributed by atoms with Crippen molar-refractivity contribution in [3.8, 4) is 5.75 Å². The first-order chi connectivity index (χ1) is 14.6. The second kappa shape index (κ2) is 9.69. The van der Waals surface area contributed by atoms with Crippen LogP contribution in [0.15, 0.2) is 63.6 Å². The molecule has 3 N–H and O–H groups in total. The lowest BCUT2D eigenvalue weighted by Crippen LogP contribution is -2.38. The minimum absolute atomic E-state index is 0.0243. The van der Waals surface area contributed by atoms with E-state index in [-0.39, 0.29) is 23.6 Å². The van der Waals surface area contributed by atoms with E-state index >= 15 is 0 Å². The molecular formula is C22H24N5O3-. The molecule has 8 nitrogen and oxygen atoms in total. The third kappa shape index (κ3) is 5.02. The lowest BCUT2D eigenvalue weighted by atomic mass is 10.0. The van der Waals surface area contributed by atoms with Gasteiger partial charge in [-0.1, -0.05) is 36.4 Å². The first-order valence-corrected chi connectivity index (χ1v) is 9.70. The normalized spacial score (nSPS) is 15.1. The fraction of sp³-hybridized carbons (Fsp3) is 0.273. The van der Waals surface area contributed by atoms with Crippen LogP contribution in [0.4, 0.5) is 5.69 Å². The standard InChI is InChI=1S/C22H25N5O3/c1-3-24-21(28)15-9-12-17(18(13-15)30-2)26-19(14-7-5-4-6-8-14)20(27-23)22(29)25-16-10-11-16/h4-9,12-13,16H,3,10-11,23H2,1-2H3,(H,24,28)(H,25,29)/p-1. The van der Waals surface area contributed by atoms with Gasteiger partial charge in [-0.2, -0.15) is 5.10 Å². The molecule has 0 spiro atoms. The molecule has 1 fully saturated rings. The Morgan fingerprint density at radius 3 is 2.53 bits per heavy atom. The maximum Gasteiger partial charge on any atom is 0.274 e. The molecule has 0 aromatic heterocycles. The second-order valence-electron chi connectivity index (χ2n) is 6.72. The first-order valence-electron chi connectivity index (χ1n) is 9.70. The maximum absolute atomic E-state index is 12.7. The topological polar surface area (TPSA) is 124 Å². The number of nitrogens with two attached hydrogens (primary N) is 1. The predicted octanol–water partition coefficient (Wildman–Crippen LogP) is 1.54. The van der Waals surface area contributed by atoms with Crippen LogP contribution in [0.2, 0.25) is 0 Å². The third-order valence-electron chi connectivity index (χ3n) is 4.49. The smallest absolute Gasteiger partial charge is 0.274 e. The summed E-state index contributed by atoms with van der Waals surface area (Å²) >= 11 is 0. The Morgan fingerprint density at radius 2 is 1.93 bits per heavy atom. The number of benzene rings is 2. The van der Waals surface area contributed by atoms with Crippen molar-refractivity contribution in [3.63, 3.8) is 0 Å². The van der Waals surface area contributed by atoms with E-state index in [1.165, 1.54) is 7.11 Å². The van der Waals surface area contributed by atoms with E-state index in [1.807, 2.05) is 30.3 Å². The van der Waals surface area contributed by atoms with E-state index in [2.05, 4.69) is 20.4 Å². The van der Waals surface area contributed by atoms with Gasteiger partial charge >= 0.3 is 0 Å². The van der Waals surface area contributed by atoms with Crippen molar-refractivity contribution in [2.24, 2.45) is 20.9 Å². The van der Waals surface area contributed by atoms with Crippen LogP contribution in [0.1, 0.15) is 30.9 Å². The molecular weight excluding hydrogens is 382 g/mol. The summed E-state index contributed by atoms with van der Waals surface area (Å²) in [5, 5.41) is 18.7. The number of nitrogens with one attached hydrogen (secondary N) is 1. The Kier molecular flexibility index (Phi) is 6.79. The average Bonchev–Trinajstić information content (AvgIpc) is 3.58. The number of amides is 1. The number of carbonyl (C=O) groups excluding carboxylic acids is 1.